The average Bonchev–Trinajstić information content (AvgIpc) is 2.71. The van der Waals surface area contributed by atoms with Gasteiger partial charge in [-0.15, -0.1) is 0 Å². The van der Waals surface area contributed by atoms with E-state index < -0.39 is 25.3 Å². The average molecular weight is 396 g/mol. The van der Waals surface area contributed by atoms with Gasteiger partial charge in [-0.2, -0.15) is 11.8 Å². The first-order valence-electron chi connectivity index (χ1n) is 8.67. The van der Waals surface area contributed by atoms with Gasteiger partial charge in [-0.05, 0) is 30.8 Å². The first kappa shape index (κ1) is 21.9. The summed E-state index contributed by atoms with van der Waals surface area (Å²) >= 11 is 2.10. The molecule has 1 rings (SSSR count). The standard InChI is InChI=1S/C15H37NO3SSi3/c1-15(14-16-21(5,6)12-13-22(16,7)8)20-10-9-11-23(17-2,18-3)19-4/h15H,9-14H2,1-8H3. The number of thioether (sulfide) groups is 1. The van der Waals surface area contributed by atoms with E-state index >= 15 is 0 Å². The summed E-state index contributed by atoms with van der Waals surface area (Å²) < 4.78 is 19.5. The van der Waals surface area contributed by atoms with E-state index in [1.165, 1.54) is 18.6 Å². The lowest BCUT2D eigenvalue weighted by Gasteiger charge is -2.40. The van der Waals surface area contributed by atoms with E-state index in [4.69, 9.17) is 13.3 Å². The molecule has 0 N–H and O–H groups in total. The van der Waals surface area contributed by atoms with Crippen molar-refractivity contribution in [1.82, 2.24) is 4.23 Å². The highest BCUT2D eigenvalue weighted by Gasteiger charge is 2.47. The third kappa shape index (κ3) is 5.95. The van der Waals surface area contributed by atoms with Crippen LogP contribution in [0.15, 0.2) is 0 Å². The Morgan fingerprint density at radius 2 is 1.48 bits per heavy atom. The third-order valence-corrected chi connectivity index (χ3v) is 19.7. The predicted octanol–water partition coefficient (Wildman–Crippen LogP) is 4.10. The van der Waals surface area contributed by atoms with E-state index in [0.29, 0.717) is 5.25 Å². The molecule has 4 nitrogen and oxygen atoms in total. The van der Waals surface area contributed by atoms with Gasteiger partial charge in [-0.3, -0.25) is 0 Å². The molecule has 138 valence electrons. The van der Waals surface area contributed by atoms with Crippen LogP contribution in [-0.4, -0.2) is 68.4 Å². The summed E-state index contributed by atoms with van der Waals surface area (Å²) in [6.45, 7) is 13.9. The van der Waals surface area contributed by atoms with Crippen LogP contribution in [0.3, 0.4) is 0 Å². The largest absolute Gasteiger partial charge is 0.500 e. The summed E-state index contributed by atoms with van der Waals surface area (Å²) in [5.41, 5.74) is 0. The number of hydrogen-bond donors (Lipinski definition) is 0. The quantitative estimate of drug-likeness (QED) is 0.410. The van der Waals surface area contributed by atoms with Gasteiger partial charge in [0.2, 0.25) is 0 Å². The van der Waals surface area contributed by atoms with E-state index in [0.717, 1.165) is 18.2 Å². The second-order valence-electron chi connectivity index (χ2n) is 7.82. The molecule has 8 heteroatoms. The van der Waals surface area contributed by atoms with Crippen LogP contribution in [0.1, 0.15) is 13.3 Å². The molecule has 1 fully saturated rings. The molecule has 0 aliphatic carbocycles. The van der Waals surface area contributed by atoms with Gasteiger partial charge in [0, 0.05) is 32.6 Å². The van der Waals surface area contributed by atoms with Crippen LogP contribution in [0, 0.1) is 0 Å². The van der Waals surface area contributed by atoms with Gasteiger partial charge in [0.05, 0.1) is 0 Å². The van der Waals surface area contributed by atoms with E-state index in [1.54, 1.807) is 21.3 Å². The Labute approximate surface area is 151 Å². The molecule has 0 aromatic carbocycles. The summed E-state index contributed by atoms with van der Waals surface area (Å²) in [6.07, 6.45) is 1.10. The van der Waals surface area contributed by atoms with Crippen molar-refractivity contribution in [1.29, 1.82) is 0 Å². The minimum atomic E-state index is -2.38. The van der Waals surface area contributed by atoms with E-state index in [9.17, 15) is 0 Å². The predicted molar refractivity (Wildman–Crippen MR) is 109 cm³/mol. The van der Waals surface area contributed by atoms with Crippen LogP contribution in [0.5, 0.6) is 0 Å². The minimum Gasteiger partial charge on any atom is -0.377 e. The van der Waals surface area contributed by atoms with Crippen LogP contribution in [0.2, 0.25) is 44.3 Å². The Kier molecular flexibility index (Phi) is 8.54. The fourth-order valence-corrected chi connectivity index (χ4v) is 21.0. The zero-order valence-electron chi connectivity index (χ0n) is 16.4. The molecule has 0 spiro atoms. The van der Waals surface area contributed by atoms with Gasteiger partial charge in [-0.25, -0.2) is 0 Å². The topological polar surface area (TPSA) is 30.9 Å². The molecule has 1 aliphatic rings. The molecule has 23 heavy (non-hydrogen) atoms. The Morgan fingerprint density at radius 1 is 1.00 bits per heavy atom. The maximum atomic E-state index is 5.49. The maximum Gasteiger partial charge on any atom is 0.500 e. The van der Waals surface area contributed by atoms with Gasteiger partial charge in [0.25, 0.3) is 0 Å². The molecule has 0 amide bonds. The minimum absolute atomic E-state index is 0.704. The lowest BCUT2D eigenvalue weighted by atomic mass is 10.5. The zero-order valence-corrected chi connectivity index (χ0v) is 20.2. The fraction of sp³-hybridized carbons (Fsp3) is 1.00. The molecule has 0 saturated carbocycles. The van der Waals surface area contributed by atoms with Crippen molar-refractivity contribution in [3.8, 4) is 0 Å². The highest BCUT2D eigenvalue weighted by atomic mass is 32.2. The van der Waals surface area contributed by atoms with Crippen molar-refractivity contribution in [3.63, 3.8) is 0 Å². The molecular formula is C15H37NO3SSi3. The van der Waals surface area contributed by atoms with Crippen molar-refractivity contribution in [3.05, 3.63) is 0 Å². The van der Waals surface area contributed by atoms with Crippen molar-refractivity contribution < 1.29 is 13.3 Å². The van der Waals surface area contributed by atoms with Gasteiger partial charge >= 0.3 is 8.80 Å². The van der Waals surface area contributed by atoms with Crippen molar-refractivity contribution in [2.24, 2.45) is 0 Å². The van der Waals surface area contributed by atoms with E-state index in [-0.39, 0.29) is 0 Å². The highest BCUT2D eigenvalue weighted by molar-refractivity contribution is 7.99. The second kappa shape index (κ2) is 8.98. The lowest BCUT2D eigenvalue weighted by molar-refractivity contribution is 0.123. The smallest absolute Gasteiger partial charge is 0.377 e. The van der Waals surface area contributed by atoms with Crippen molar-refractivity contribution in [2.75, 3.05) is 33.6 Å². The first-order valence-corrected chi connectivity index (χ1v) is 18.0. The number of hydrogen-bond acceptors (Lipinski definition) is 5. The van der Waals surface area contributed by atoms with E-state index in [1.807, 2.05) is 0 Å². The summed E-state index contributed by atoms with van der Waals surface area (Å²) in [6, 6.07) is 3.89. The summed E-state index contributed by atoms with van der Waals surface area (Å²) in [5, 5.41) is 0.704. The molecule has 0 aromatic heterocycles. The fourth-order valence-electron chi connectivity index (χ4n) is 3.63. The Balaban J connectivity index is 2.39. The van der Waals surface area contributed by atoms with Crippen LogP contribution in [-0.2, 0) is 13.3 Å². The van der Waals surface area contributed by atoms with Crippen LogP contribution < -0.4 is 0 Å². The molecule has 1 saturated heterocycles. The molecule has 1 atom stereocenters. The monoisotopic (exact) mass is 395 g/mol. The summed E-state index contributed by atoms with van der Waals surface area (Å²) in [5.74, 6) is 1.16. The molecule has 1 heterocycles. The van der Waals surface area contributed by atoms with Crippen molar-refractivity contribution >= 4 is 37.0 Å². The number of rotatable bonds is 10. The first-order chi connectivity index (χ1) is 10.6. The van der Waals surface area contributed by atoms with Gasteiger partial charge < -0.3 is 17.5 Å². The Bertz CT molecular complexity index is 344. The van der Waals surface area contributed by atoms with Crippen molar-refractivity contribution in [2.45, 2.75) is 62.9 Å². The number of nitrogens with zero attached hydrogens (tertiary/aromatic N) is 1. The SMILES string of the molecule is CO[Si](CCCSC(C)CN1[Si](C)(C)CC[Si]1(C)C)(OC)OC. The Hall–Kier alpha value is 0.841. The molecular weight excluding hydrogens is 358 g/mol. The molecule has 0 radical (unpaired) electrons. The molecule has 1 unspecified atom stereocenters. The molecule has 0 bridgehead atoms. The van der Waals surface area contributed by atoms with Crippen LogP contribution in [0.25, 0.3) is 0 Å². The van der Waals surface area contributed by atoms with Gasteiger partial charge in [0.1, 0.15) is 16.5 Å². The van der Waals surface area contributed by atoms with Gasteiger partial charge in [-0.1, -0.05) is 33.1 Å². The lowest BCUT2D eigenvalue weighted by Crippen LogP contribution is -2.56. The Morgan fingerprint density at radius 3 is 1.91 bits per heavy atom. The van der Waals surface area contributed by atoms with Crippen LogP contribution in [0.4, 0.5) is 0 Å². The molecule has 1 aliphatic heterocycles. The maximum absolute atomic E-state index is 5.49. The normalized spacial score (nSPS) is 22.4. The van der Waals surface area contributed by atoms with Gasteiger partial charge in [0.15, 0.2) is 0 Å². The van der Waals surface area contributed by atoms with E-state index in [2.05, 4.69) is 49.1 Å². The highest BCUT2D eigenvalue weighted by Crippen LogP contribution is 2.37. The third-order valence-electron chi connectivity index (χ3n) is 5.21. The molecule has 0 aromatic rings. The summed E-state index contributed by atoms with van der Waals surface area (Å²) in [4.78, 5) is 0. The second-order valence-corrected chi connectivity index (χ2v) is 22.2. The summed E-state index contributed by atoms with van der Waals surface area (Å²) in [7, 11) is 0.439. The zero-order chi connectivity index (χ0) is 17.7. The van der Waals surface area contributed by atoms with Crippen LogP contribution >= 0.6 is 11.8 Å².